The Bertz CT molecular complexity index is 4800. The Morgan fingerprint density at radius 3 is 1.03 bits per heavy atom. The molecule has 8 N–H and O–H groups in total. The van der Waals surface area contributed by atoms with Crippen LogP contribution in [0.5, 0.6) is 0 Å². The zero-order valence-corrected chi connectivity index (χ0v) is 62.3. The number of aromatic amines is 3. The predicted octanol–water partition coefficient (Wildman–Crippen LogP) is 20.9. The second-order valence-corrected chi connectivity index (χ2v) is 33.5. The summed E-state index contributed by atoms with van der Waals surface area (Å²) < 4.78 is 313. The molecule has 3 saturated carbocycles. The number of imidazole rings is 3. The van der Waals surface area contributed by atoms with E-state index >= 15 is 0 Å². The minimum atomic E-state index is -10.1. The van der Waals surface area contributed by atoms with E-state index in [1.807, 2.05) is 0 Å². The first kappa shape index (κ1) is 93.6. The number of hydrogen-bond acceptors (Lipinski definition) is 13. The molecule has 9 aromatic rings. The number of carboxylic acid groups (broad SMARTS) is 1. The highest BCUT2D eigenvalue weighted by Gasteiger charge is 2.67. The third-order valence-corrected chi connectivity index (χ3v) is 20.5. The van der Waals surface area contributed by atoms with E-state index in [0.29, 0.717) is 53.2 Å². The Kier molecular flexibility index (Phi) is 26.8. The first-order valence-electron chi connectivity index (χ1n) is 33.6. The lowest BCUT2D eigenvalue weighted by molar-refractivity contribution is -0.125. The number of H-pyrrole nitrogens is 3. The summed E-state index contributed by atoms with van der Waals surface area (Å²) in [5.41, 5.74) is 3.64. The van der Waals surface area contributed by atoms with Crippen molar-refractivity contribution >= 4 is 83.6 Å². The number of hydrogen-bond donors (Lipinski definition) is 7. The summed E-state index contributed by atoms with van der Waals surface area (Å²) >= 11 is 0. The lowest BCUT2D eigenvalue weighted by Crippen LogP contribution is -2.48. The van der Waals surface area contributed by atoms with E-state index in [2.05, 4.69) is 60.3 Å². The number of aldehydes is 1. The number of carbonyl (C=O) groups is 6. The van der Waals surface area contributed by atoms with Gasteiger partial charge < -0.3 is 41.3 Å². The zero-order valence-electron chi connectivity index (χ0n) is 59.8. The Morgan fingerprint density at radius 1 is 0.458 bits per heavy atom. The van der Waals surface area contributed by atoms with Crippen molar-refractivity contribution in [2.75, 3.05) is 15.5 Å². The highest BCUT2D eigenvalue weighted by Crippen LogP contribution is 3.03. The third kappa shape index (κ3) is 28.1. The molecule has 6 heterocycles. The van der Waals surface area contributed by atoms with Crippen LogP contribution in [0, 0.1) is 24.0 Å². The predicted molar refractivity (Wildman–Crippen MR) is 382 cm³/mol. The van der Waals surface area contributed by atoms with Crippen LogP contribution in [0.25, 0.3) is 4.85 Å². The number of anilines is 3. The topological polar surface area (TPSA) is 308 Å². The average molecular weight is 1770 g/mol. The summed E-state index contributed by atoms with van der Waals surface area (Å²) in [4.78, 5) is 101. The smallest absolute Gasteiger partial charge is 0.353 e. The van der Waals surface area contributed by atoms with Gasteiger partial charge in [0.05, 0.1) is 56.2 Å². The van der Waals surface area contributed by atoms with Crippen molar-refractivity contribution in [1.82, 2.24) is 55.5 Å². The first-order chi connectivity index (χ1) is 54.1. The quantitative estimate of drug-likeness (QED) is 0.0193. The highest BCUT2D eigenvalue weighted by molar-refractivity contribution is 8.46. The molecule has 0 radical (unpaired) electrons. The van der Waals surface area contributed by atoms with Crippen LogP contribution in [0.2, 0.25) is 0 Å². The fourth-order valence-corrected chi connectivity index (χ4v) is 13.1. The molecule has 0 aliphatic heterocycles. The van der Waals surface area contributed by atoms with Gasteiger partial charge in [0.2, 0.25) is 35.6 Å². The van der Waals surface area contributed by atoms with Gasteiger partial charge in [-0.25, -0.2) is 65.8 Å². The Balaban J connectivity index is 0.000000222. The molecule has 0 saturated heterocycles. The van der Waals surface area contributed by atoms with Gasteiger partial charge >= 0.3 is 36.6 Å². The monoisotopic (exact) mass is 1770 g/mol. The molecule has 49 heteroatoms. The molecule has 3 aliphatic rings. The van der Waals surface area contributed by atoms with Crippen molar-refractivity contribution in [3.8, 4) is 0 Å². The normalized spacial score (nSPS) is 17.6. The number of halogens is 24. The Morgan fingerprint density at radius 2 is 0.763 bits per heavy atom. The summed E-state index contributed by atoms with van der Waals surface area (Å²) in [5.74, 6) is -15.7. The summed E-state index contributed by atoms with van der Waals surface area (Å²) in [6.45, 7) is 6.61. The number of amides is 4. The van der Waals surface area contributed by atoms with Crippen LogP contribution in [-0.2, 0) is 9.59 Å². The second-order valence-electron chi connectivity index (χ2n) is 26.2. The molecule has 3 fully saturated rings. The van der Waals surface area contributed by atoms with Gasteiger partial charge in [-0.15, -0.1) is 0 Å². The fraction of sp³-hybridized carbons (Fsp3) is 0.290. The van der Waals surface area contributed by atoms with Crippen molar-refractivity contribution in [3.63, 3.8) is 0 Å². The number of nitrogens with one attached hydrogen (secondary N) is 5. The molecule has 22 nitrogen and oxygen atoms in total. The van der Waals surface area contributed by atoms with Crippen molar-refractivity contribution < 1.29 is 132 Å². The van der Waals surface area contributed by atoms with Gasteiger partial charge in [-0.1, -0.05) is 58.3 Å². The van der Waals surface area contributed by atoms with Gasteiger partial charge in [-0.2, -0.15) is 0 Å². The molecule has 644 valence electrons. The van der Waals surface area contributed by atoms with Crippen LogP contribution >= 0.6 is 30.7 Å². The van der Waals surface area contributed by atoms with E-state index in [1.54, 1.807) is 0 Å². The minimum Gasteiger partial charge on any atom is -0.477 e. The van der Waals surface area contributed by atoms with Gasteiger partial charge in [0.25, 0.3) is 11.8 Å². The summed E-state index contributed by atoms with van der Waals surface area (Å²) in [5, 5.41) is 13.3. The molecule has 4 amide bonds. The van der Waals surface area contributed by atoms with Gasteiger partial charge in [-0.05, 0) is 117 Å². The highest BCUT2D eigenvalue weighted by atomic mass is 32.5. The number of nitrogen functional groups attached to an aromatic ring is 1. The number of carbonyl (C=O) groups excluding carboxylic acids is 5. The summed E-state index contributed by atoms with van der Waals surface area (Å²) in [6.07, 6.45) is 11.4. The summed E-state index contributed by atoms with van der Waals surface area (Å²) in [6, 6.07) is 2.22. The molecule has 3 aliphatic carbocycles. The molecule has 2 unspecified atom stereocenters. The number of pyridine rings is 3. The van der Waals surface area contributed by atoms with E-state index in [4.69, 9.17) is 17.4 Å². The van der Waals surface area contributed by atoms with E-state index in [9.17, 15) is 127 Å². The van der Waals surface area contributed by atoms with Crippen LogP contribution in [0.3, 0.4) is 0 Å². The number of benzene rings is 3. The SMILES string of the molecule is Nc1ccc(S(F)(F)(F)(F)F)cc1.O=C(NC1CCC(F)(F)CC1)C(c1cncc(F)c1)N(C(=O)c1cnc[nH]1)c1ccc(S(F)(F)(F)(F)F)cc1.O=C(NC1CCC(F)(F)CC1)C(c1cncc(F)c1)N(C(=O)c1cnc[nH]1)c1ccc(S(F)(F)(F)(F)F)cc1.O=C(O)c1cnc[nH]1.O=Cc1cncc(F)c1.[C-]#[N+]C1CCC(F)(F)CC1. The number of aromatic carboxylic acids is 1. The number of nitrogens with zero attached hydrogens (tertiary/aromatic N) is 9. The van der Waals surface area contributed by atoms with E-state index in [0.717, 1.165) is 86.4 Å². The standard InChI is InChI=1S/2C23H21F8N5O2S.C7H9F2N.C6H6F5NS.C6H4FNO.C4H4N2O2/c2*24-15-9-14(10-32-11-15)20(21(37)35-16-5-7-23(25,26)8-6-16)36(22(38)19-12-33-13-34-19)17-1-3-18(4-2-17)39(27,28,29,30)31;1-10-6-2-4-7(8,9)5-3-6;7-13(8,9,10,11)6-3-1-5(12)2-4-6;7-6-1-5(4-9)2-8-3-6;7-4(8)3-1-5-2-6-3/h2*1-4,9-13,16,20H,5-8H2,(H,33,34)(H,35,37);6H,2-5H2;1-4H,12H2;1-4H;1-2H,(H,5,6)(H,7,8). The summed E-state index contributed by atoms with van der Waals surface area (Å²) in [7, 11) is -29.7. The van der Waals surface area contributed by atoms with Crippen molar-refractivity contribution in [2.45, 2.75) is 140 Å². The minimum absolute atomic E-state index is 0.00519. The van der Waals surface area contributed by atoms with Gasteiger partial charge in [0.1, 0.15) is 61.3 Å². The third-order valence-electron chi connectivity index (χ3n) is 17.0. The number of carboxylic acids is 1. The lowest BCUT2D eigenvalue weighted by Gasteiger charge is -2.41. The van der Waals surface area contributed by atoms with Gasteiger partial charge in [0.15, 0.2) is 6.29 Å². The van der Waals surface area contributed by atoms with Crippen LogP contribution in [0.4, 0.5) is 115 Å². The average Bonchev–Trinajstić information content (AvgIpc) is 0.756. The largest absolute Gasteiger partial charge is 0.477 e. The fourth-order valence-electron chi connectivity index (χ4n) is 11.2. The van der Waals surface area contributed by atoms with E-state index in [-0.39, 0.29) is 120 Å². The molecule has 0 spiro atoms. The number of nitrogens with two attached hydrogens (primary N) is 1. The van der Waals surface area contributed by atoms with Crippen molar-refractivity contribution in [3.05, 3.63) is 228 Å². The molecule has 2 atom stereocenters. The van der Waals surface area contributed by atoms with Crippen LogP contribution in [-0.4, -0.2) is 122 Å². The molecule has 0 bridgehead atoms. The van der Waals surface area contributed by atoms with Gasteiger partial charge in [-0.3, -0.25) is 48.7 Å². The molecule has 12 rings (SSSR count). The molecular formula is C69H65F24N15O7S3. The number of alkyl halides is 6. The molecule has 6 aromatic heterocycles. The lowest BCUT2D eigenvalue weighted by atomic mass is 9.91. The maximum absolute atomic E-state index is 14.1. The van der Waals surface area contributed by atoms with Crippen molar-refractivity contribution in [2.24, 2.45) is 0 Å². The van der Waals surface area contributed by atoms with Crippen LogP contribution < -0.4 is 26.2 Å². The Hall–Kier alpha value is -11.6. The van der Waals surface area contributed by atoms with E-state index < -0.39 is 171 Å². The van der Waals surface area contributed by atoms with E-state index in [1.165, 1.54) is 18.7 Å². The first-order valence-corrected chi connectivity index (χ1v) is 39.5. The van der Waals surface area contributed by atoms with Crippen molar-refractivity contribution in [1.29, 1.82) is 0 Å². The number of rotatable bonds is 17. The maximum Gasteiger partial charge on any atom is 0.353 e. The van der Waals surface area contributed by atoms with Crippen LogP contribution in [0.1, 0.15) is 142 Å². The molecule has 118 heavy (non-hydrogen) atoms. The molecular weight excluding hydrogens is 1700 g/mol. The number of aromatic nitrogens is 9. The Labute approximate surface area is 651 Å². The second kappa shape index (κ2) is 33.8. The zero-order chi connectivity index (χ0) is 88.1. The molecule has 3 aromatic carbocycles. The van der Waals surface area contributed by atoms with Crippen LogP contribution in [0.15, 0.2) is 180 Å². The maximum atomic E-state index is 14.1. The van der Waals surface area contributed by atoms with Gasteiger partial charge in [0, 0.05) is 116 Å².